The summed E-state index contributed by atoms with van der Waals surface area (Å²) in [5, 5.41) is 0. The number of halogens is 1. The van der Waals surface area contributed by atoms with E-state index in [2.05, 4.69) is 43.6 Å². The summed E-state index contributed by atoms with van der Waals surface area (Å²) in [5.74, 6) is 1.27. The van der Waals surface area contributed by atoms with Crippen molar-refractivity contribution in [2.24, 2.45) is 22.6 Å². The van der Waals surface area contributed by atoms with Crippen molar-refractivity contribution in [3.63, 3.8) is 0 Å². The first-order chi connectivity index (χ1) is 15.5. The van der Waals surface area contributed by atoms with Crippen LogP contribution >= 0.6 is 0 Å². The van der Waals surface area contributed by atoms with Crippen LogP contribution in [0.4, 0.5) is 10.1 Å². The predicted molar refractivity (Wildman–Crippen MR) is 136 cm³/mol. The number of aliphatic imine (C=N–C) groups is 1. The molecule has 2 N–H and O–H groups in total. The molecule has 1 fully saturated rings. The van der Waals surface area contributed by atoms with Gasteiger partial charge in [0, 0.05) is 11.4 Å². The summed E-state index contributed by atoms with van der Waals surface area (Å²) >= 11 is 0. The minimum Gasteiger partial charge on any atom is -0.402 e. The summed E-state index contributed by atoms with van der Waals surface area (Å²) in [5.41, 5.74) is 12.6. The van der Waals surface area contributed by atoms with Gasteiger partial charge in [0.1, 0.15) is 5.82 Å². The number of rotatable bonds is 12. The SMILES string of the molecule is C=CCC(C1=CC(CCC(N)=CC(CCC)=Nc2cc(CC)ccc2F)=CCC1)C1CC1. The fourth-order valence-electron chi connectivity index (χ4n) is 4.59. The van der Waals surface area contributed by atoms with Crippen LogP contribution in [0.5, 0.6) is 0 Å². The molecule has 0 radical (unpaired) electrons. The molecular weight excluding hydrogens is 395 g/mol. The number of hydrogen-bond acceptors (Lipinski definition) is 2. The topological polar surface area (TPSA) is 38.4 Å². The first kappa shape index (κ1) is 24.2. The lowest BCUT2D eigenvalue weighted by molar-refractivity contribution is 0.522. The fraction of sp³-hybridized carbons (Fsp3) is 0.483. The van der Waals surface area contributed by atoms with Crippen molar-refractivity contribution in [1.82, 2.24) is 0 Å². The van der Waals surface area contributed by atoms with E-state index in [-0.39, 0.29) is 5.82 Å². The molecule has 0 saturated heterocycles. The third-order valence-corrected chi connectivity index (χ3v) is 6.54. The molecule has 0 aliphatic heterocycles. The van der Waals surface area contributed by atoms with Gasteiger partial charge in [-0.1, -0.05) is 55.7 Å². The Morgan fingerprint density at radius 2 is 2.09 bits per heavy atom. The van der Waals surface area contributed by atoms with Crippen LogP contribution in [0.25, 0.3) is 0 Å². The molecule has 1 unspecified atom stereocenters. The summed E-state index contributed by atoms with van der Waals surface area (Å²) in [4.78, 5) is 4.62. The molecular formula is C29H39FN2. The van der Waals surface area contributed by atoms with Gasteiger partial charge in [0.2, 0.25) is 0 Å². The van der Waals surface area contributed by atoms with E-state index in [4.69, 9.17) is 5.73 Å². The zero-order chi connectivity index (χ0) is 22.9. The number of hydrogen-bond donors (Lipinski definition) is 1. The van der Waals surface area contributed by atoms with Gasteiger partial charge in [-0.05, 0) is 93.4 Å². The summed E-state index contributed by atoms with van der Waals surface area (Å²) in [6.07, 6.45) is 19.3. The summed E-state index contributed by atoms with van der Waals surface area (Å²) in [7, 11) is 0. The highest BCUT2D eigenvalue weighted by molar-refractivity contribution is 5.97. The second-order valence-electron chi connectivity index (χ2n) is 9.22. The highest BCUT2D eigenvalue weighted by Gasteiger charge is 2.32. The van der Waals surface area contributed by atoms with Gasteiger partial charge in [-0.3, -0.25) is 4.99 Å². The summed E-state index contributed by atoms with van der Waals surface area (Å²) in [6.45, 7) is 8.14. The van der Waals surface area contributed by atoms with Crippen molar-refractivity contribution in [1.29, 1.82) is 0 Å². The van der Waals surface area contributed by atoms with Gasteiger partial charge < -0.3 is 5.73 Å². The van der Waals surface area contributed by atoms with Crippen LogP contribution in [-0.2, 0) is 6.42 Å². The van der Waals surface area contributed by atoms with Crippen molar-refractivity contribution in [2.75, 3.05) is 0 Å². The van der Waals surface area contributed by atoms with E-state index in [0.717, 1.165) is 67.8 Å². The molecule has 0 aromatic heterocycles. The Morgan fingerprint density at radius 1 is 1.28 bits per heavy atom. The summed E-state index contributed by atoms with van der Waals surface area (Å²) < 4.78 is 14.3. The lowest BCUT2D eigenvalue weighted by Crippen LogP contribution is -2.09. The molecule has 0 bridgehead atoms. The maximum Gasteiger partial charge on any atom is 0.148 e. The molecule has 1 aromatic carbocycles. The van der Waals surface area contributed by atoms with Gasteiger partial charge in [-0.2, -0.15) is 0 Å². The minimum atomic E-state index is -0.280. The van der Waals surface area contributed by atoms with Gasteiger partial charge in [0.05, 0.1) is 5.69 Å². The average molecular weight is 435 g/mol. The van der Waals surface area contributed by atoms with E-state index in [1.807, 2.05) is 18.2 Å². The molecule has 3 rings (SSSR count). The average Bonchev–Trinajstić information content (AvgIpc) is 3.63. The minimum absolute atomic E-state index is 0.280. The molecule has 0 spiro atoms. The fourth-order valence-corrected chi connectivity index (χ4v) is 4.59. The van der Waals surface area contributed by atoms with Crippen molar-refractivity contribution in [3.05, 3.63) is 77.3 Å². The number of benzene rings is 1. The number of nitrogens with zero attached hydrogens (tertiary/aromatic N) is 1. The van der Waals surface area contributed by atoms with Gasteiger partial charge in [-0.25, -0.2) is 4.39 Å². The van der Waals surface area contributed by atoms with Crippen LogP contribution < -0.4 is 5.73 Å². The van der Waals surface area contributed by atoms with Crippen LogP contribution in [0.3, 0.4) is 0 Å². The van der Waals surface area contributed by atoms with Crippen molar-refractivity contribution in [2.45, 2.75) is 78.1 Å². The van der Waals surface area contributed by atoms with Crippen LogP contribution in [-0.4, -0.2) is 5.71 Å². The lowest BCUT2D eigenvalue weighted by atomic mass is 9.83. The van der Waals surface area contributed by atoms with Gasteiger partial charge >= 0.3 is 0 Å². The zero-order valence-electron chi connectivity index (χ0n) is 19.9. The zero-order valence-corrected chi connectivity index (χ0v) is 19.9. The first-order valence-corrected chi connectivity index (χ1v) is 12.4. The maximum absolute atomic E-state index is 14.3. The van der Waals surface area contributed by atoms with Crippen LogP contribution in [0.1, 0.15) is 77.2 Å². The Kier molecular flexibility index (Phi) is 9.08. The number of nitrogens with two attached hydrogens (primary N) is 1. The second-order valence-corrected chi connectivity index (χ2v) is 9.22. The second kappa shape index (κ2) is 12.0. The standard InChI is InChI=1S/C29H39FN2/c1-4-8-26(32-29-19-21(6-3)13-17-28(29)30)20-25(31)16-12-22-10-7-11-24(18-22)27(9-5-2)23-14-15-23/h5,10,13,17-20,23,27H,2,4,6-9,11-12,14-16,31H2,1,3H3. The first-order valence-electron chi connectivity index (χ1n) is 12.4. The largest absolute Gasteiger partial charge is 0.402 e. The maximum atomic E-state index is 14.3. The molecule has 3 heteroatoms. The highest BCUT2D eigenvalue weighted by atomic mass is 19.1. The number of allylic oxidation sites excluding steroid dienone is 7. The third kappa shape index (κ3) is 7.05. The van der Waals surface area contributed by atoms with Crippen LogP contribution in [0.2, 0.25) is 0 Å². The molecule has 2 aliphatic carbocycles. The van der Waals surface area contributed by atoms with Gasteiger partial charge in [0.15, 0.2) is 0 Å². The van der Waals surface area contributed by atoms with Crippen molar-refractivity contribution < 1.29 is 4.39 Å². The van der Waals surface area contributed by atoms with E-state index < -0.39 is 0 Å². The summed E-state index contributed by atoms with van der Waals surface area (Å²) in [6, 6.07) is 5.17. The molecule has 2 nitrogen and oxygen atoms in total. The van der Waals surface area contributed by atoms with Crippen molar-refractivity contribution in [3.8, 4) is 0 Å². The highest BCUT2D eigenvalue weighted by Crippen LogP contribution is 2.44. The Bertz CT molecular complexity index is 915. The van der Waals surface area contributed by atoms with Crippen LogP contribution in [0.15, 0.2) is 70.9 Å². The Balaban J connectivity index is 1.68. The predicted octanol–water partition coefficient (Wildman–Crippen LogP) is 8.13. The smallest absolute Gasteiger partial charge is 0.148 e. The molecule has 32 heavy (non-hydrogen) atoms. The Hall–Kier alpha value is -2.42. The molecule has 1 saturated carbocycles. The van der Waals surface area contributed by atoms with Gasteiger partial charge in [-0.15, -0.1) is 6.58 Å². The van der Waals surface area contributed by atoms with E-state index in [9.17, 15) is 4.39 Å². The van der Waals surface area contributed by atoms with E-state index in [0.29, 0.717) is 11.6 Å². The molecule has 1 aromatic rings. The van der Waals surface area contributed by atoms with Gasteiger partial charge in [0.25, 0.3) is 0 Å². The monoisotopic (exact) mass is 434 g/mol. The molecule has 0 amide bonds. The van der Waals surface area contributed by atoms with Crippen LogP contribution in [0, 0.1) is 17.7 Å². The van der Waals surface area contributed by atoms with E-state index in [1.165, 1.54) is 30.9 Å². The van der Waals surface area contributed by atoms with Crippen molar-refractivity contribution >= 4 is 11.4 Å². The molecule has 1 atom stereocenters. The third-order valence-electron chi connectivity index (χ3n) is 6.54. The molecule has 172 valence electrons. The van der Waals surface area contributed by atoms with E-state index >= 15 is 0 Å². The lowest BCUT2D eigenvalue weighted by Gasteiger charge is -2.22. The van der Waals surface area contributed by atoms with E-state index in [1.54, 1.807) is 5.57 Å². The quantitative estimate of drug-likeness (QED) is 0.262. The Morgan fingerprint density at radius 3 is 2.78 bits per heavy atom. The Labute approximate surface area is 193 Å². The molecule has 2 aliphatic rings. The molecule has 0 heterocycles. The normalized spacial score (nSPS) is 18.2. The number of aryl methyl sites for hydroxylation is 1.